The normalized spacial score (nSPS) is 10.1. The first kappa shape index (κ1) is 19.5. The van der Waals surface area contributed by atoms with E-state index in [1.165, 1.54) is 12.1 Å². The molecule has 0 radical (unpaired) electrons. The summed E-state index contributed by atoms with van der Waals surface area (Å²) in [6.07, 6.45) is 1.42. The number of benzene rings is 2. The van der Waals surface area contributed by atoms with Gasteiger partial charge in [0.1, 0.15) is 12.0 Å². The van der Waals surface area contributed by atoms with E-state index in [2.05, 4.69) is 5.32 Å². The lowest BCUT2D eigenvalue weighted by atomic mass is 10.2. The predicted octanol–water partition coefficient (Wildman–Crippen LogP) is 3.74. The molecule has 2 aromatic rings. The maximum Gasteiger partial charge on any atom is 0.339 e. The number of ether oxygens (including phenoxy) is 2. The van der Waals surface area contributed by atoms with E-state index in [0.29, 0.717) is 30.0 Å². The van der Waals surface area contributed by atoms with Crippen molar-refractivity contribution in [1.29, 1.82) is 0 Å². The minimum atomic E-state index is -0.542. The summed E-state index contributed by atoms with van der Waals surface area (Å²) in [4.78, 5) is 34.6. The lowest BCUT2D eigenvalue weighted by Gasteiger charge is -2.10. The van der Waals surface area contributed by atoms with Crippen molar-refractivity contribution in [3.05, 3.63) is 58.6 Å². The lowest BCUT2D eigenvalue weighted by molar-refractivity contribution is -0.118. The number of halogens is 1. The van der Waals surface area contributed by atoms with Gasteiger partial charge in [0.25, 0.3) is 5.91 Å². The molecule has 0 aliphatic heterocycles. The quantitative estimate of drug-likeness (QED) is 0.561. The van der Waals surface area contributed by atoms with Gasteiger partial charge in [-0.15, -0.1) is 0 Å². The van der Waals surface area contributed by atoms with Crippen LogP contribution in [0.1, 0.15) is 34.1 Å². The third-order valence-electron chi connectivity index (χ3n) is 3.29. The summed E-state index contributed by atoms with van der Waals surface area (Å²) in [5.41, 5.74) is 1.11. The molecule has 0 bridgehead atoms. The Kier molecular flexibility index (Phi) is 7.17. The van der Waals surface area contributed by atoms with E-state index in [1.807, 2.05) is 6.92 Å². The van der Waals surface area contributed by atoms with E-state index in [9.17, 15) is 14.4 Å². The Labute approximate surface area is 156 Å². The number of esters is 1. The van der Waals surface area contributed by atoms with E-state index < -0.39 is 11.9 Å². The molecule has 0 spiro atoms. The van der Waals surface area contributed by atoms with Crippen LogP contribution in [0.15, 0.2) is 42.5 Å². The Balaban J connectivity index is 1.95. The molecule has 0 saturated carbocycles. The van der Waals surface area contributed by atoms with Crippen molar-refractivity contribution < 1.29 is 23.9 Å². The number of hydrogen-bond donors (Lipinski definition) is 1. The number of amides is 1. The molecule has 2 aromatic carbocycles. The van der Waals surface area contributed by atoms with Crippen LogP contribution in [-0.2, 0) is 9.53 Å². The van der Waals surface area contributed by atoms with Crippen LogP contribution >= 0.6 is 11.6 Å². The first-order chi connectivity index (χ1) is 12.5. The van der Waals surface area contributed by atoms with Crippen LogP contribution in [0.4, 0.5) is 5.69 Å². The minimum absolute atomic E-state index is 0.184. The SMILES string of the molecule is CCCOC(=O)c1cc(NC(=O)COc2ccc(C=O)cc2)ccc1Cl. The zero-order valence-corrected chi connectivity index (χ0v) is 14.9. The van der Waals surface area contributed by atoms with Crippen LogP contribution in [0.3, 0.4) is 0 Å². The summed E-state index contributed by atoms with van der Waals surface area (Å²) in [6.45, 7) is 1.96. The third kappa shape index (κ3) is 5.60. The molecule has 0 heterocycles. The smallest absolute Gasteiger partial charge is 0.339 e. The molecule has 0 aromatic heterocycles. The first-order valence-corrected chi connectivity index (χ1v) is 8.36. The fraction of sp³-hybridized carbons (Fsp3) is 0.211. The molecule has 0 aliphatic rings. The van der Waals surface area contributed by atoms with Crippen LogP contribution < -0.4 is 10.1 Å². The summed E-state index contributed by atoms with van der Waals surface area (Å²) < 4.78 is 10.4. The molecule has 2 rings (SSSR count). The summed E-state index contributed by atoms with van der Waals surface area (Å²) in [6, 6.07) is 10.9. The topological polar surface area (TPSA) is 81.7 Å². The maximum absolute atomic E-state index is 12.0. The summed E-state index contributed by atoms with van der Waals surface area (Å²) in [5, 5.41) is 2.87. The number of carbonyl (C=O) groups is 3. The van der Waals surface area contributed by atoms with Gasteiger partial charge in [0.15, 0.2) is 6.61 Å². The van der Waals surface area contributed by atoms with Gasteiger partial charge in [-0.25, -0.2) is 4.79 Å². The second-order valence-corrected chi connectivity index (χ2v) is 5.76. The first-order valence-electron chi connectivity index (χ1n) is 7.98. The van der Waals surface area contributed by atoms with E-state index >= 15 is 0 Å². The summed E-state index contributed by atoms with van der Waals surface area (Å²) >= 11 is 6.01. The van der Waals surface area contributed by atoms with E-state index in [0.717, 1.165) is 6.29 Å². The standard InChI is InChI=1S/C19H18ClNO5/c1-2-9-25-19(24)16-10-14(5-8-17(16)20)21-18(23)12-26-15-6-3-13(11-22)4-7-15/h3-8,10-11H,2,9,12H2,1H3,(H,21,23). The van der Waals surface area contributed by atoms with Crippen molar-refractivity contribution in [2.75, 3.05) is 18.5 Å². The molecule has 7 heteroatoms. The Morgan fingerprint density at radius 3 is 2.54 bits per heavy atom. The van der Waals surface area contributed by atoms with Crippen molar-refractivity contribution in [2.24, 2.45) is 0 Å². The highest BCUT2D eigenvalue weighted by atomic mass is 35.5. The molecule has 0 saturated heterocycles. The summed E-state index contributed by atoms with van der Waals surface area (Å²) in [7, 11) is 0. The van der Waals surface area contributed by atoms with Gasteiger partial charge in [-0.3, -0.25) is 9.59 Å². The molecule has 0 aliphatic carbocycles. The molecule has 1 amide bonds. The monoisotopic (exact) mass is 375 g/mol. The molecule has 0 unspecified atom stereocenters. The van der Waals surface area contributed by atoms with Gasteiger partial charge >= 0.3 is 5.97 Å². The highest BCUT2D eigenvalue weighted by Crippen LogP contribution is 2.21. The maximum atomic E-state index is 12.0. The summed E-state index contributed by atoms with van der Waals surface area (Å²) in [5.74, 6) is -0.482. The van der Waals surface area contributed by atoms with Crippen molar-refractivity contribution in [3.63, 3.8) is 0 Å². The number of anilines is 1. The largest absolute Gasteiger partial charge is 0.484 e. The number of carbonyl (C=O) groups excluding carboxylic acids is 3. The van der Waals surface area contributed by atoms with Gasteiger partial charge in [-0.05, 0) is 48.9 Å². The number of aldehydes is 1. The molecule has 6 nitrogen and oxygen atoms in total. The van der Waals surface area contributed by atoms with Gasteiger partial charge in [0.05, 0.1) is 17.2 Å². The number of hydrogen-bond acceptors (Lipinski definition) is 5. The van der Waals surface area contributed by atoms with Crippen LogP contribution in [0.5, 0.6) is 5.75 Å². The number of nitrogens with one attached hydrogen (secondary N) is 1. The van der Waals surface area contributed by atoms with Gasteiger partial charge in [-0.1, -0.05) is 18.5 Å². The lowest BCUT2D eigenvalue weighted by Crippen LogP contribution is -2.20. The fourth-order valence-electron chi connectivity index (χ4n) is 2.02. The van der Waals surface area contributed by atoms with Crippen molar-refractivity contribution in [1.82, 2.24) is 0 Å². The van der Waals surface area contributed by atoms with Gasteiger partial charge in [0, 0.05) is 11.3 Å². The molecule has 136 valence electrons. The zero-order valence-electron chi connectivity index (χ0n) is 14.2. The Morgan fingerprint density at radius 1 is 1.15 bits per heavy atom. The molecule has 1 N–H and O–H groups in total. The second kappa shape index (κ2) is 9.58. The van der Waals surface area contributed by atoms with Gasteiger partial charge < -0.3 is 14.8 Å². The van der Waals surface area contributed by atoms with E-state index in [-0.39, 0.29) is 17.2 Å². The minimum Gasteiger partial charge on any atom is -0.484 e. The Bertz CT molecular complexity index is 789. The Morgan fingerprint density at radius 2 is 1.88 bits per heavy atom. The Hall–Kier alpha value is -2.86. The predicted molar refractivity (Wildman–Crippen MR) is 98.0 cm³/mol. The van der Waals surface area contributed by atoms with Crippen LogP contribution in [0.25, 0.3) is 0 Å². The van der Waals surface area contributed by atoms with E-state index in [1.54, 1.807) is 30.3 Å². The molecule has 0 atom stereocenters. The van der Waals surface area contributed by atoms with Gasteiger partial charge in [-0.2, -0.15) is 0 Å². The van der Waals surface area contributed by atoms with Crippen molar-refractivity contribution in [2.45, 2.75) is 13.3 Å². The van der Waals surface area contributed by atoms with E-state index in [4.69, 9.17) is 21.1 Å². The van der Waals surface area contributed by atoms with Crippen molar-refractivity contribution >= 4 is 35.5 Å². The van der Waals surface area contributed by atoms with Crippen molar-refractivity contribution in [3.8, 4) is 5.75 Å². The molecule has 26 heavy (non-hydrogen) atoms. The average Bonchev–Trinajstić information content (AvgIpc) is 2.66. The highest BCUT2D eigenvalue weighted by molar-refractivity contribution is 6.33. The molecule has 0 fully saturated rings. The molecular formula is C19H18ClNO5. The zero-order chi connectivity index (χ0) is 18.9. The second-order valence-electron chi connectivity index (χ2n) is 5.35. The average molecular weight is 376 g/mol. The van der Waals surface area contributed by atoms with Crippen LogP contribution in [0, 0.1) is 0 Å². The van der Waals surface area contributed by atoms with Crippen LogP contribution in [-0.4, -0.2) is 31.4 Å². The molecular weight excluding hydrogens is 358 g/mol. The highest BCUT2D eigenvalue weighted by Gasteiger charge is 2.13. The third-order valence-corrected chi connectivity index (χ3v) is 3.62. The number of rotatable bonds is 8. The fourth-order valence-corrected chi connectivity index (χ4v) is 2.22. The van der Waals surface area contributed by atoms with Crippen LogP contribution in [0.2, 0.25) is 5.02 Å². The van der Waals surface area contributed by atoms with Gasteiger partial charge in [0.2, 0.25) is 0 Å².